The molecule has 1 atom stereocenters. The summed E-state index contributed by atoms with van der Waals surface area (Å²) < 4.78 is 5.47. The molecule has 0 saturated carbocycles. The maximum atomic E-state index is 10.5. The van der Waals surface area contributed by atoms with Crippen LogP contribution in [-0.4, -0.2) is 16.6 Å². The van der Waals surface area contributed by atoms with Crippen LogP contribution in [-0.2, 0) is 12.1 Å². The Bertz CT molecular complexity index is 558. The molecule has 2 rings (SSSR count). The van der Waals surface area contributed by atoms with Crippen LogP contribution in [0.1, 0.15) is 34.7 Å². The summed E-state index contributed by atoms with van der Waals surface area (Å²) in [5.41, 5.74) is 0.941. The van der Waals surface area contributed by atoms with E-state index in [0.29, 0.717) is 13.1 Å². The number of aliphatic hydroxyl groups is 1. The molecule has 0 aliphatic heterocycles. The van der Waals surface area contributed by atoms with Crippen molar-refractivity contribution in [1.29, 1.82) is 0 Å². The fourth-order valence-electron chi connectivity index (χ4n) is 2.16. The van der Waals surface area contributed by atoms with Crippen LogP contribution < -0.4 is 5.32 Å². The molecule has 4 nitrogen and oxygen atoms in total. The SMILES string of the molecule is Cc1csc(CNCC(C)(O)c2cc(C)oc2C)n1. The van der Waals surface area contributed by atoms with E-state index in [1.807, 2.05) is 32.2 Å². The van der Waals surface area contributed by atoms with Crippen LogP contribution in [0.15, 0.2) is 15.9 Å². The molecule has 5 heteroatoms. The molecule has 0 radical (unpaired) electrons. The number of aryl methyl sites for hydroxylation is 3. The first kappa shape index (κ1) is 14.2. The van der Waals surface area contributed by atoms with Crippen LogP contribution in [0.25, 0.3) is 0 Å². The Morgan fingerprint density at radius 3 is 2.68 bits per heavy atom. The van der Waals surface area contributed by atoms with Gasteiger partial charge in [-0.1, -0.05) is 0 Å². The van der Waals surface area contributed by atoms with E-state index in [1.54, 1.807) is 18.3 Å². The van der Waals surface area contributed by atoms with Crippen LogP contribution in [0.5, 0.6) is 0 Å². The van der Waals surface area contributed by atoms with Gasteiger partial charge in [-0.3, -0.25) is 0 Å². The van der Waals surface area contributed by atoms with Crippen LogP contribution >= 0.6 is 11.3 Å². The van der Waals surface area contributed by atoms with Crippen molar-refractivity contribution in [3.63, 3.8) is 0 Å². The normalized spacial score (nSPS) is 14.6. The molecule has 0 spiro atoms. The lowest BCUT2D eigenvalue weighted by molar-refractivity contribution is 0.0552. The standard InChI is InChI=1S/C14H20N2O2S/c1-9-7-19-13(16-9)6-15-8-14(4,17)12-5-10(2)18-11(12)3/h5,7,15,17H,6,8H2,1-4H3. The van der Waals surface area contributed by atoms with Gasteiger partial charge in [-0.05, 0) is 33.8 Å². The maximum absolute atomic E-state index is 10.5. The number of rotatable bonds is 5. The molecule has 19 heavy (non-hydrogen) atoms. The third kappa shape index (κ3) is 3.43. The Morgan fingerprint density at radius 1 is 1.42 bits per heavy atom. The first-order valence-corrected chi connectivity index (χ1v) is 7.18. The van der Waals surface area contributed by atoms with Gasteiger partial charge < -0.3 is 14.8 Å². The van der Waals surface area contributed by atoms with Crippen LogP contribution in [0, 0.1) is 20.8 Å². The Balaban J connectivity index is 1.96. The molecular weight excluding hydrogens is 260 g/mol. The Morgan fingerprint density at radius 2 is 2.16 bits per heavy atom. The lowest BCUT2D eigenvalue weighted by atomic mass is 9.96. The molecule has 0 aliphatic rings. The summed E-state index contributed by atoms with van der Waals surface area (Å²) in [5.74, 6) is 1.60. The molecular formula is C14H20N2O2S. The van der Waals surface area contributed by atoms with Crippen molar-refractivity contribution in [2.75, 3.05) is 6.54 Å². The maximum Gasteiger partial charge on any atom is 0.107 e. The number of nitrogens with zero attached hydrogens (tertiary/aromatic N) is 1. The molecule has 0 aromatic carbocycles. The summed E-state index contributed by atoms with van der Waals surface area (Å²) in [6.07, 6.45) is 0. The van der Waals surface area contributed by atoms with Gasteiger partial charge in [0.05, 0.1) is 0 Å². The van der Waals surface area contributed by atoms with Crippen molar-refractivity contribution in [2.24, 2.45) is 0 Å². The van der Waals surface area contributed by atoms with Gasteiger partial charge in [0, 0.05) is 29.7 Å². The third-order valence-corrected chi connectivity index (χ3v) is 4.00. The van der Waals surface area contributed by atoms with Gasteiger partial charge in [0.2, 0.25) is 0 Å². The Kier molecular flexibility index (Phi) is 4.08. The van der Waals surface area contributed by atoms with Crippen molar-refractivity contribution < 1.29 is 9.52 Å². The molecule has 1 unspecified atom stereocenters. The number of aromatic nitrogens is 1. The topological polar surface area (TPSA) is 58.3 Å². The van der Waals surface area contributed by atoms with Crippen molar-refractivity contribution in [2.45, 2.75) is 39.8 Å². The average Bonchev–Trinajstić information content (AvgIpc) is 2.85. The summed E-state index contributed by atoms with van der Waals surface area (Å²) in [5, 5.41) is 16.8. The number of hydrogen-bond donors (Lipinski definition) is 2. The zero-order chi connectivity index (χ0) is 14.0. The third-order valence-electron chi connectivity index (χ3n) is 3.03. The van der Waals surface area contributed by atoms with E-state index in [0.717, 1.165) is 27.8 Å². The smallest absolute Gasteiger partial charge is 0.107 e. The monoisotopic (exact) mass is 280 g/mol. The fraction of sp³-hybridized carbons (Fsp3) is 0.500. The number of nitrogens with one attached hydrogen (secondary N) is 1. The van der Waals surface area contributed by atoms with Crippen molar-refractivity contribution in [3.8, 4) is 0 Å². The highest BCUT2D eigenvalue weighted by Crippen LogP contribution is 2.26. The van der Waals surface area contributed by atoms with E-state index < -0.39 is 5.60 Å². The van der Waals surface area contributed by atoms with Gasteiger partial charge >= 0.3 is 0 Å². The largest absolute Gasteiger partial charge is 0.466 e. The minimum absolute atomic E-state index is 0.464. The van der Waals surface area contributed by atoms with E-state index in [4.69, 9.17) is 4.42 Å². The van der Waals surface area contributed by atoms with Gasteiger partial charge in [0.15, 0.2) is 0 Å². The van der Waals surface area contributed by atoms with Gasteiger partial charge in [-0.25, -0.2) is 4.98 Å². The molecule has 2 aromatic heterocycles. The second-order valence-electron chi connectivity index (χ2n) is 5.09. The zero-order valence-electron chi connectivity index (χ0n) is 11.8. The molecule has 0 aliphatic carbocycles. The van der Waals surface area contributed by atoms with Crippen molar-refractivity contribution in [1.82, 2.24) is 10.3 Å². The highest BCUT2D eigenvalue weighted by atomic mass is 32.1. The molecule has 2 aromatic rings. The summed E-state index contributed by atoms with van der Waals surface area (Å²) in [6, 6.07) is 1.89. The zero-order valence-corrected chi connectivity index (χ0v) is 12.6. The fourth-order valence-corrected chi connectivity index (χ4v) is 2.90. The quantitative estimate of drug-likeness (QED) is 0.884. The number of furan rings is 1. The lowest BCUT2D eigenvalue weighted by Crippen LogP contribution is -2.35. The van der Waals surface area contributed by atoms with Gasteiger partial charge in [0.25, 0.3) is 0 Å². The van der Waals surface area contributed by atoms with E-state index in [-0.39, 0.29) is 0 Å². The molecule has 104 valence electrons. The Labute approximate surface area is 117 Å². The van der Waals surface area contributed by atoms with Crippen molar-refractivity contribution >= 4 is 11.3 Å². The van der Waals surface area contributed by atoms with E-state index >= 15 is 0 Å². The Hall–Kier alpha value is -1.17. The van der Waals surface area contributed by atoms with Crippen LogP contribution in [0.3, 0.4) is 0 Å². The van der Waals surface area contributed by atoms with Gasteiger partial charge in [-0.2, -0.15) is 0 Å². The van der Waals surface area contributed by atoms with Crippen LogP contribution in [0.4, 0.5) is 0 Å². The first-order valence-electron chi connectivity index (χ1n) is 6.30. The minimum atomic E-state index is -0.936. The summed E-state index contributed by atoms with van der Waals surface area (Å²) in [7, 11) is 0. The summed E-state index contributed by atoms with van der Waals surface area (Å²) >= 11 is 1.63. The molecule has 0 fully saturated rings. The number of hydrogen-bond acceptors (Lipinski definition) is 5. The molecule has 0 saturated heterocycles. The van der Waals surface area contributed by atoms with E-state index in [2.05, 4.69) is 10.3 Å². The predicted molar refractivity (Wildman–Crippen MR) is 76.3 cm³/mol. The second-order valence-corrected chi connectivity index (χ2v) is 6.03. The molecule has 0 bridgehead atoms. The highest BCUT2D eigenvalue weighted by Gasteiger charge is 2.27. The minimum Gasteiger partial charge on any atom is -0.466 e. The van der Waals surface area contributed by atoms with E-state index in [1.165, 1.54) is 0 Å². The molecule has 2 N–H and O–H groups in total. The number of thiazole rings is 1. The van der Waals surface area contributed by atoms with Gasteiger partial charge in [-0.15, -0.1) is 11.3 Å². The van der Waals surface area contributed by atoms with E-state index in [9.17, 15) is 5.11 Å². The highest BCUT2D eigenvalue weighted by molar-refractivity contribution is 7.09. The predicted octanol–water partition coefficient (Wildman–Crippen LogP) is 2.66. The molecule has 2 heterocycles. The first-order chi connectivity index (χ1) is 8.88. The second kappa shape index (κ2) is 5.45. The summed E-state index contributed by atoms with van der Waals surface area (Å²) in [4.78, 5) is 4.38. The lowest BCUT2D eigenvalue weighted by Gasteiger charge is -2.23. The van der Waals surface area contributed by atoms with Gasteiger partial charge in [0.1, 0.15) is 22.1 Å². The van der Waals surface area contributed by atoms with Crippen LogP contribution in [0.2, 0.25) is 0 Å². The molecule has 0 amide bonds. The summed E-state index contributed by atoms with van der Waals surface area (Å²) in [6.45, 7) is 8.67. The average molecular weight is 280 g/mol. The van der Waals surface area contributed by atoms with Crippen molar-refractivity contribution in [3.05, 3.63) is 39.2 Å².